The second-order valence-corrected chi connectivity index (χ2v) is 9.25. The number of nitrogens with zero attached hydrogens (tertiary/aromatic N) is 1. The first-order valence-corrected chi connectivity index (χ1v) is 11.6. The third-order valence-corrected chi connectivity index (χ3v) is 7.30. The third-order valence-electron chi connectivity index (χ3n) is 7.30. The SMILES string of the molecule is CCC[C@@H](NC(=O)OCC1c2ccccc2-c2ccccc21)C(=O)N1CC2C(C1)C2C(=O)O. The number of rotatable bonds is 7. The first-order valence-electron chi connectivity index (χ1n) is 11.6. The number of carboxylic acid groups (broad SMARTS) is 1. The summed E-state index contributed by atoms with van der Waals surface area (Å²) in [5.74, 6) is -1.21. The maximum absolute atomic E-state index is 13.0. The van der Waals surface area contributed by atoms with Gasteiger partial charge < -0.3 is 20.1 Å². The Balaban J connectivity index is 1.20. The van der Waals surface area contributed by atoms with Gasteiger partial charge in [-0.2, -0.15) is 0 Å². The first kappa shape index (κ1) is 21.5. The summed E-state index contributed by atoms with van der Waals surface area (Å²) in [6.07, 6.45) is 0.645. The van der Waals surface area contributed by atoms with Gasteiger partial charge in [0.2, 0.25) is 5.91 Å². The van der Waals surface area contributed by atoms with Crippen molar-refractivity contribution in [1.82, 2.24) is 10.2 Å². The van der Waals surface area contributed by atoms with E-state index in [4.69, 9.17) is 4.74 Å². The maximum Gasteiger partial charge on any atom is 0.407 e. The van der Waals surface area contributed by atoms with E-state index in [1.165, 1.54) is 0 Å². The van der Waals surface area contributed by atoms with Crippen LogP contribution in [0.3, 0.4) is 0 Å². The molecule has 1 saturated heterocycles. The number of benzene rings is 2. The predicted molar refractivity (Wildman–Crippen MR) is 122 cm³/mol. The topological polar surface area (TPSA) is 95.9 Å². The van der Waals surface area contributed by atoms with Gasteiger partial charge in [-0.3, -0.25) is 9.59 Å². The molecule has 2 aromatic rings. The minimum atomic E-state index is -0.779. The summed E-state index contributed by atoms with van der Waals surface area (Å²) < 4.78 is 5.61. The molecule has 0 radical (unpaired) electrons. The van der Waals surface area contributed by atoms with Crippen LogP contribution in [0, 0.1) is 17.8 Å². The van der Waals surface area contributed by atoms with Crippen molar-refractivity contribution in [1.29, 1.82) is 0 Å². The molecule has 2 aromatic carbocycles. The molecule has 33 heavy (non-hydrogen) atoms. The number of aliphatic carboxylic acids is 1. The van der Waals surface area contributed by atoms with Crippen molar-refractivity contribution in [2.45, 2.75) is 31.7 Å². The molecule has 1 aliphatic heterocycles. The lowest BCUT2D eigenvalue weighted by Gasteiger charge is -2.26. The first-order chi connectivity index (χ1) is 16.0. The van der Waals surface area contributed by atoms with Crippen molar-refractivity contribution < 1.29 is 24.2 Å². The minimum Gasteiger partial charge on any atom is -0.481 e. The zero-order valence-corrected chi connectivity index (χ0v) is 18.6. The van der Waals surface area contributed by atoms with Crippen LogP contribution in [0.15, 0.2) is 48.5 Å². The highest BCUT2D eigenvalue weighted by Crippen LogP contribution is 2.51. The molecule has 1 saturated carbocycles. The van der Waals surface area contributed by atoms with Crippen molar-refractivity contribution in [3.05, 3.63) is 59.7 Å². The number of carbonyl (C=O) groups is 3. The van der Waals surface area contributed by atoms with Crippen LogP contribution in [0.25, 0.3) is 11.1 Å². The van der Waals surface area contributed by atoms with Gasteiger partial charge in [-0.15, -0.1) is 0 Å². The van der Waals surface area contributed by atoms with Crippen molar-refractivity contribution in [2.24, 2.45) is 17.8 Å². The van der Waals surface area contributed by atoms with Crippen LogP contribution in [0.5, 0.6) is 0 Å². The Labute approximate surface area is 192 Å². The molecule has 0 aromatic heterocycles. The number of likely N-dealkylation sites (tertiary alicyclic amines) is 1. The third kappa shape index (κ3) is 3.86. The zero-order valence-electron chi connectivity index (χ0n) is 18.6. The van der Waals surface area contributed by atoms with E-state index in [2.05, 4.69) is 29.6 Å². The van der Waals surface area contributed by atoms with Crippen molar-refractivity contribution >= 4 is 18.0 Å². The van der Waals surface area contributed by atoms with Crippen LogP contribution in [-0.2, 0) is 14.3 Å². The molecule has 0 spiro atoms. The number of nitrogens with one attached hydrogen (secondary N) is 1. The van der Waals surface area contributed by atoms with Crippen LogP contribution < -0.4 is 5.32 Å². The normalized spacial score (nSPS) is 23.3. The van der Waals surface area contributed by atoms with Gasteiger partial charge in [0, 0.05) is 19.0 Å². The fraction of sp³-hybridized carbons (Fsp3) is 0.423. The number of alkyl carbamates (subject to hydrolysis) is 1. The smallest absolute Gasteiger partial charge is 0.407 e. The fourth-order valence-electron chi connectivity index (χ4n) is 5.62. The molecule has 2 unspecified atom stereocenters. The monoisotopic (exact) mass is 448 g/mol. The second kappa shape index (κ2) is 8.54. The molecule has 7 heteroatoms. The van der Waals surface area contributed by atoms with Crippen LogP contribution >= 0.6 is 0 Å². The van der Waals surface area contributed by atoms with E-state index in [1.807, 2.05) is 31.2 Å². The molecule has 172 valence electrons. The molecule has 2 N–H and O–H groups in total. The second-order valence-electron chi connectivity index (χ2n) is 9.25. The van der Waals surface area contributed by atoms with E-state index in [9.17, 15) is 19.5 Å². The molecule has 2 aliphatic carbocycles. The molecule has 3 aliphatic rings. The lowest BCUT2D eigenvalue weighted by atomic mass is 9.98. The van der Waals surface area contributed by atoms with Gasteiger partial charge in [0.15, 0.2) is 0 Å². The van der Waals surface area contributed by atoms with Gasteiger partial charge in [0.1, 0.15) is 12.6 Å². The van der Waals surface area contributed by atoms with Crippen LogP contribution in [0.2, 0.25) is 0 Å². The highest BCUT2D eigenvalue weighted by molar-refractivity contribution is 5.87. The molecule has 7 nitrogen and oxygen atoms in total. The van der Waals surface area contributed by atoms with Gasteiger partial charge in [-0.1, -0.05) is 61.9 Å². The number of hydrogen-bond acceptors (Lipinski definition) is 4. The Bertz CT molecular complexity index is 1040. The average molecular weight is 449 g/mol. The van der Waals surface area contributed by atoms with Gasteiger partial charge in [-0.25, -0.2) is 4.79 Å². The quantitative estimate of drug-likeness (QED) is 0.676. The Morgan fingerprint density at radius 1 is 1.03 bits per heavy atom. The summed E-state index contributed by atoms with van der Waals surface area (Å²) in [6, 6.07) is 15.6. The Morgan fingerprint density at radius 2 is 1.61 bits per heavy atom. The average Bonchev–Trinajstić information content (AvgIpc) is 3.17. The number of ether oxygens (including phenoxy) is 1. The van der Waals surface area contributed by atoms with E-state index in [-0.39, 0.29) is 36.2 Å². The summed E-state index contributed by atoms with van der Waals surface area (Å²) in [5, 5.41) is 12.0. The van der Waals surface area contributed by atoms with Crippen molar-refractivity contribution in [3.63, 3.8) is 0 Å². The van der Waals surface area contributed by atoms with Gasteiger partial charge in [-0.05, 0) is 40.5 Å². The number of amides is 2. The summed E-state index contributed by atoms with van der Waals surface area (Å²) in [7, 11) is 0. The fourth-order valence-corrected chi connectivity index (χ4v) is 5.62. The molecule has 0 bridgehead atoms. The van der Waals surface area contributed by atoms with Crippen LogP contribution in [0.1, 0.15) is 36.8 Å². The number of fused-ring (bicyclic) bond motifs is 4. The van der Waals surface area contributed by atoms with Crippen LogP contribution in [0.4, 0.5) is 4.79 Å². The molecule has 2 amide bonds. The summed E-state index contributed by atoms with van der Waals surface area (Å²) in [6.45, 7) is 3.06. The highest BCUT2D eigenvalue weighted by atomic mass is 16.5. The molecular weight excluding hydrogens is 420 g/mol. The predicted octanol–water partition coefficient (Wildman–Crippen LogP) is 3.48. The van der Waals surface area contributed by atoms with Gasteiger partial charge in [0.25, 0.3) is 0 Å². The number of carbonyl (C=O) groups excluding carboxylic acids is 2. The maximum atomic E-state index is 13.0. The largest absolute Gasteiger partial charge is 0.481 e. The van der Waals surface area contributed by atoms with E-state index in [0.717, 1.165) is 28.7 Å². The Kier molecular flexibility index (Phi) is 5.56. The number of piperidine rings is 1. The summed E-state index contributed by atoms with van der Waals surface area (Å²) >= 11 is 0. The van der Waals surface area contributed by atoms with E-state index < -0.39 is 18.1 Å². The Hall–Kier alpha value is -3.35. The lowest BCUT2D eigenvalue weighted by Crippen LogP contribution is -2.49. The number of hydrogen-bond donors (Lipinski definition) is 2. The van der Waals surface area contributed by atoms with E-state index in [1.54, 1.807) is 4.90 Å². The van der Waals surface area contributed by atoms with Crippen molar-refractivity contribution in [3.8, 4) is 11.1 Å². The molecule has 3 atom stereocenters. The lowest BCUT2D eigenvalue weighted by molar-refractivity contribution is -0.141. The van der Waals surface area contributed by atoms with Crippen molar-refractivity contribution in [2.75, 3.05) is 19.7 Å². The molecular formula is C26H28N2O5. The van der Waals surface area contributed by atoms with E-state index >= 15 is 0 Å². The van der Waals surface area contributed by atoms with Gasteiger partial charge in [0.05, 0.1) is 5.92 Å². The van der Waals surface area contributed by atoms with Crippen LogP contribution in [-0.4, -0.2) is 53.7 Å². The zero-order chi connectivity index (χ0) is 23.1. The standard InChI is InChI=1S/C26H28N2O5/c1-2-7-22(24(29)28-12-19-20(13-28)23(19)25(30)31)27-26(32)33-14-21-17-10-5-3-8-15(17)16-9-4-6-11-18(16)21/h3-6,8-11,19-23H,2,7,12-14H2,1H3,(H,27,32)(H,30,31)/t19?,20?,22-,23?/m1/s1. The molecule has 1 heterocycles. The Morgan fingerprint density at radius 3 is 2.15 bits per heavy atom. The summed E-state index contributed by atoms with van der Waals surface area (Å²) in [5.41, 5.74) is 4.59. The van der Waals surface area contributed by atoms with Gasteiger partial charge >= 0.3 is 12.1 Å². The molecule has 5 rings (SSSR count). The highest BCUT2D eigenvalue weighted by Gasteiger charge is 2.60. The van der Waals surface area contributed by atoms with E-state index in [0.29, 0.717) is 19.5 Å². The molecule has 2 fully saturated rings. The minimum absolute atomic E-state index is 0.0397. The number of carboxylic acids is 1. The summed E-state index contributed by atoms with van der Waals surface area (Å²) in [4.78, 5) is 38.6.